The summed E-state index contributed by atoms with van der Waals surface area (Å²) in [5, 5.41) is 0.962. The molecule has 2 aromatic heterocycles. The number of hydrogen-bond acceptors (Lipinski definition) is 4. The third-order valence-corrected chi connectivity index (χ3v) is 4.02. The molecule has 0 saturated carbocycles. The van der Waals surface area contributed by atoms with Gasteiger partial charge in [0.2, 0.25) is 11.8 Å². The van der Waals surface area contributed by atoms with E-state index in [1.54, 1.807) is 35.9 Å². The van der Waals surface area contributed by atoms with Crippen LogP contribution in [-0.4, -0.2) is 16.7 Å². The Morgan fingerprint density at radius 2 is 1.84 bits per heavy atom. The molecule has 0 radical (unpaired) electrons. The van der Waals surface area contributed by atoms with Gasteiger partial charge in [0, 0.05) is 24.1 Å². The van der Waals surface area contributed by atoms with Crippen LogP contribution < -0.4 is 15.0 Å². The quantitative estimate of drug-likeness (QED) is 0.674. The maximum Gasteiger partial charge on any atom is 0.294 e. The van der Waals surface area contributed by atoms with E-state index in [9.17, 15) is 4.79 Å². The standard InChI is InChI=1S/C20H22N2O3/c1-14(2)11-12-22-16-8-5-4-7-15(16)13-17(20(22)23)25-19-10-6-9-18(21-19)24-3/h4-10,13-14H,11-12H2,1-3H3. The third-order valence-electron chi connectivity index (χ3n) is 4.02. The lowest BCUT2D eigenvalue weighted by atomic mass is 10.1. The Balaban J connectivity index is 2.05. The molecule has 0 amide bonds. The molecular weight excluding hydrogens is 316 g/mol. The van der Waals surface area contributed by atoms with Crippen LogP contribution in [0.3, 0.4) is 0 Å². The highest BCUT2D eigenvalue weighted by atomic mass is 16.5. The Labute approximate surface area is 146 Å². The molecule has 0 saturated heterocycles. The Kier molecular flexibility index (Phi) is 5.03. The summed E-state index contributed by atoms with van der Waals surface area (Å²) >= 11 is 0. The molecule has 0 spiro atoms. The number of benzene rings is 1. The van der Waals surface area contributed by atoms with Gasteiger partial charge in [0.25, 0.3) is 5.56 Å². The van der Waals surface area contributed by atoms with Gasteiger partial charge in [0.15, 0.2) is 5.75 Å². The number of rotatable bonds is 6. The van der Waals surface area contributed by atoms with E-state index in [0.29, 0.717) is 24.2 Å². The van der Waals surface area contributed by atoms with E-state index in [2.05, 4.69) is 18.8 Å². The number of aryl methyl sites for hydroxylation is 1. The smallest absolute Gasteiger partial charge is 0.294 e. The van der Waals surface area contributed by atoms with Crippen LogP contribution in [0.25, 0.3) is 10.9 Å². The monoisotopic (exact) mass is 338 g/mol. The van der Waals surface area contributed by atoms with Crippen LogP contribution in [0.2, 0.25) is 0 Å². The molecule has 0 fully saturated rings. The van der Waals surface area contributed by atoms with Gasteiger partial charge in [-0.25, -0.2) is 0 Å². The largest absolute Gasteiger partial charge is 0.481 e. The molecule has 130 valence electrons. The fourth-order valence-corrected chi connectivity index (χ4v) is 2.66. The van der Waals surface area contributed by atoms with Gasteiger partial charge in [-0.1, -0.05) is 38.1 Å². The van der Waals surface area contributed by atoms with Gasteiger partial charge in [-0.3, -0.25) is 4.79 Å². The fraction of sp³-hybridized carbons (Fsp3) is 0.300. The Morgan fingerprint density at radius 1 is 1.08 bits per heavy atom. The number of fused-ring (bicyclic) bond motifs is 1. The van der Waals surface area contributed by atoms with Crippen LogP contribution in [0.15, 0.2) is 53.3 Å². The average molecular weight is 338 g/mol. The van der Waals surface area contributed by atoms with Gasteiger partial charge in [-0.05, 0) is 24.5 Å². The van der Waals surface area contributed by atoms with Gasteiger partial charge >= 0.3 is 0 Å². The highest BCUT2D eigenvalue weighted by Gasteiger charge is 2.12. The number of methoxy groups -OCH3 is 1. The molecule has 0 unspecified atom stereocenters. The molecule has 0 bridgehead atoms. The number of hydrogen-bond donors (Lipinski definition) is 0. The van der Waals surface area contributed by atoms with Crippen molar-refractivity contribution in [1.29, 1.82) is 0 Å². The Bertz CT molecular complexity index is 932. The molecular formula is C20H22N2O3. The number of nitrogens with zero attached hydrogens (tertiary/aromatic N) is 2. The zero-order valence-electron chi connectivity index (χ0n) is 14.7. The van der Waals surface area contributed by atoms with E-state index in [0.717, 1.165) is 17.3 Å². The van der Waals surface area contributed by atoms with Crippen molar-refractivity contribution >= 4 is 10.9 Å². The van der Waals surface area contributed by atoms with Crippen LogP contribution in [0.5, 0.6) is 17.5 Å². The van der Waals surface area contributed by atoms with Crippen molar-refractivity contribution in [3.63, 3.8) is 0 Å². The highest BCUT2D eigenvalue weighted by molar-refractivity contribution is 5.80. The first-order chi connectivity index (χ1) is 12.1. The zero-order chi connectivity index (χ0) is 17.8. The van der Waals surface area contributed by atoms with Crippen molar-refractivity contribution in [3.8, 4) is 17.5 Å². The van der Waals surface area contributed by atoms with Gasteiger partial charge in [-0.2, -0.15) is 4.98 Å². The first-order valence-corrected chi connectivity index (χ1v) is 8.40. The molecule has 0 aliphatic carbocycles. The Hall–Kier alpha value is -2.82. The van der Waals surface area contributed by atoms with Crippen molar-refractivity contribution in [2.75, 3.05) is 7.11 Å². The van der Waals surface area contributed by atoms with Gasteiger partial charge < -0.3 is 14.0 Å². The minimum atomic E-state index is -0.149. The summed E-state index contributed by atoms with van der Waals surface area (Å²) < 4.78 is 12.7. The summed E-state index contributed by atoms with van der Waals surface area (Å²) in [6.07, 6.45) is 0.921. The predicted octanol–water partition coefficient (Wildman–Crippen LogP) is 4.24. The van der Waals surface area contributed by atoms with Gasteiger partial charge in [0.05, 0.1) is 12.6 Å². The second-order valence-corrected chi connectivity index (χ2v) is 6.33. The maximum absolute atomic E-state index is 12.9. The van der Waals surface area contributed by atoms with Crippen molar-refractivity contribution in [3.05, 3.63) is 58.9 Å². The molecule has 0 N–H and O–H groups in total. The molecule has 3 rings (SSSR count). The summed E-state index contributed by atoms with van der Waals surface area (Å²) in [4.78, 5) is 17.2. The van der Waals surface area contributed by atoms with E-state index in [-0.39, 0.29) is 11.3 Å². The lowest BCUT2D eigenvalue weighted by Gasteiger charge is -2.14. The second kappa shape index (κ2) is 7.38. The molecule has 25 heavy (non-hydrogen) atoms. The second-order valence-electron chi connectivity index (χ2n) is 6.33. The van der Waals surface area contributed by atoms with Crippen molar-refractivity contribution < 1.29 is 9.47 Å². The molecule has 3 aromatic rings. The summed E-state index contributed by atoms with van der Waals surface area (Å²) in [5.41, 5.74) is 0.767. The average Bonchev–Trinajstić information content (AvgIpc) is 2.62. The predicted molar refractivity (Wildman–Crippen MR) is 98.5 cm³/mol. The maximum atomic E-state index is 12.9. The summed E-state index contributed by atoms with van der Waals surface area (Å²) in [7, 11) is 1.54. The van der Waals surface area contributed by atoms with E-state index in [1.165, 1.54) is 0 Å². The number of aromatic nitrogens is 2. The lowest BCUT2D eigenvalue weighted by molar-refractivity contribution is 0.381. The molecule has 1 aromatic carbocycles. The Morgan fingerprint density at radius 3 is 2.60 bits per heavy atom. The van der Waals surface area contributed by atoms with Crippen LogP contribution in [0.4, 0.5) is 0 Å². The summed E-state index contributed by atoms with van der Waals surface area (Å²) in [6, 6.07) is 14.8. The van der Waals surface area contributed by atoms with Crippen LogP contribution in [0, 0.1) is 5.92 Å². The molecule has 5 nitrogen and oxygen atoms in total. The topological polar surface area (TPSA) is 53.4 Å². The van der Waals surface area contributed by atoms with Crippen molar-refractivity contribution in [2.24, 2.45) is 5.92 Å². The van der Waals surface area contributed by atoms with E-state index in [1.807, 2.05) is 24.3 Å². The van der Waals surface area contributed by atoms with Crippen molar-refractivity contribution in [2.45, 2.75) is 26.8 Å². The first-order valence-electron chi connectivity index (χ1n) is 8.40. The normalized spacial score (nSPS) is 11.0. The van der Waals surface area contributed by atoms with E-state index in [4.69, 9.17) is 9.47 Å². The van der Waals surface area contributed by atoms with Crippen molar-refractivity contribution in [1.82, 2.24) is 9.55 Å². The molecule has 2 heterocycles. The summed E-state index contributed by atoms with van der Waals surface area (Å²) in [6.45, 7) is 4.95. The third kappa shape index (κ3) is 3.82. The minimum Gasteiger partial charge on any atom is -0.481 e. The summed E-state index contributed by atoms with van der Waals surface area (Å²) in [5.74, 6) is 1.55. The van der Waals surface area contributed by atoms with Gasteiger partial charge in [0.1, 0.15) is 0 Å². The SMILES string of the molecule is COc1cccc(Oc2cc3ccccc3n(CCC(C)C)c2=O)n1. The fourth-order valence-electron chi connectivity index (χ4n) is 2.66. The molecule has 0 aliphatic heterocycles. The zero-order valence-corrected chi connectivity index (χ0v) is 14.7. The number of para-hydroxylation sites is 1. The van der Waals surface area contributed by atoms with Crippen LogP contribution >= 0.6 is 0 Å². The molecule has 0 aliphatic rings. The molecule has 5 heteroatoms. The van der Waals surface area contributed by atoms with Crippen LogP contribution in [0.1, 0.15) is 20.3 Å². The van der Waals surface area contributed by atoms with E-state index < -0.39 is 0 Å². The highest BCUT2D eigenvalue weighted by Crippen LogP contribution is 2.23. The lowest BCUT2D eigenvalue weighted by Crippen LogP contribution is -2.22. The van der Waals surface area contributed by atoms with E-state index >= 15 is 0 Å². The minimum absolute atomic E-state index is 0.149. The molecule has 0 atom stereocenters. The number of ether oxygens (including phenoxy) is 2. The van der Waals surface area contributed by atoms with Gasteiger partial charge in [-0.15, -0.1) is 0 Å². The van der Waals surface area contributed by atoms with Crippen LogP contribution in [-0.2, 0) is 6.54 Å². The first kappa shape index (κ1) is 17.0. The number of pyridine rings is 2.